The first-order valence-corrected chi connectivity index (χ1v) is 8.17. The zero-order chi connectivity index (χ0) is 13.8. The Morgan fingerprint density at radius 3 is 2.61 bits per heavy atom. The van der Waals surface area contributed by atoms with Crippen LogP contribution < -0.4 is 9.46 Å². The average molecular weight is 336 g/mol. The molecule has 0 aliphatic rings. The molecule has 18 heavy (non-hydrogen) atoms. The summed E-state index contributed by atoms with van der Waals surface area (Å²) in [4.78, 5) is 0. The molecule has 0 aliphatic heterocycles. The maximum absolute atomic E-state index is 11.7. The van der Waals surface area contributed by atoms with Crippen LogP contribution in [-0.2, 0) is 10.0 Å². The molecule has 0 aromatic heterocycles. The van der Waals surface area contributed by atoms with Crippen LogP contribution in [0.25, 0.3) is 0 Å². The van der Waals surface area contributed by atoms with E-state index in [1.165, 1.54) is 0 Å². The third-order valence-corrected chi connectivity index (χ3v) is 4.78. The Morgan fingerprint density at radius 2 is 2.11 bits per heavy atom. The van der Waals surface area contributed by atoms with Gasteiger partial charge in [-0.05, 0) is 47.0 Å². The molecule has 1 aromatic rings. The van der Waals surface area contributed by atoms with Gasteiger partial charge in [0.25, 0.3) is 0 Å². The van der Waals surface area contributed by atoms with Crippen molar-refractivity contribution < 1.29 is 13.2 Å². The topological polar surface area (TPSA) is 55.4 Å². The van der Waals surface area contributed by atoms with E-state index in [9.17, 15) is 8.42 Å². The number of rotatable bonds is 6. The third-order valence-electron chi connectivity index (χ3n) is 2.51. The number of nitrogens with one attached hydrogen (secondary N) is 1. The van der Waals surface area contributed by atoms with Gasteiger partial charge in [0.2, 0.25) is 10.0 Å². The SMILES string of the molecule is CCCS(=O)(=O)NC(C)c1ccc(OC)c(Br)c1. The second kappa shape index (κ2) is 6.54. The Balaban J connectivity index is 2.85. The monoisotopic (exact) mass is 335 g/mol. The fourth-order valence-electron chi connectivity index (χ4n) is 1.62. The first kappa shape index (κ1) is 15.5. The van der Waals surface area contributed by atoms with E-state index >= 15 is 0 Å². The van der Waals surface area contributed by atoms with Crippen molar-refractivity contribution in [3.63, 3.8) is 0 Å². The molecule has 6 heteroatoms. The minimum atomic E-state index is -3.20. The Kier molecular flexibility index (Phi) is 5.62. The minimum Gasteiger partial charge on any atom is -0.496 e. The van der Waals surface area contributed by atoms with Crippen LogP contribution in [-0.4, -0.2) is 21.3 Å². The standard InChI is InChI=1S/C12H18BrNO3S/c1-4-7-18(15,16)14-9(2)10-5-6-12(17-3)11(13)8-10/h5-6,8-9,14H,4,7H2,1-3H3. The average Bonchev–Trinajstić information content (AvgIpc) is 2.28. The molecule has 0 amide bonds. The lowest BCUT2D eigenvalue weighted by atomic mass is 10.1. The summed E-state index contributed by atoms with van der Waals surface area (Å²) in [7, 11) is -1.61. The second-order valence-corrected chi connectivity index (χ2v) is 6.78. The molecule has 0 saturated carbocycles. The van der Waals surface area contributed by atoms with Gasteiger partial charge in [-0.15, -0.1) is 0 Å². The lowest BCUT2D eigenvalue weighted by Crippen LogP contribution is -2.28. The van der Waals surface area contributed by atoms with Crippen LogP contribution in [0.15, 0.2) is 22.7 Å². The smallest absolute Gasteiger partial charge is 0.212 e. The quantitative estimate of drug-likeness (QED) is 0.869. The minimum absolute atomic E-state index is 0.147. The molecule has 1 atom stereocenters. The summed E-state index contributed by atoms with van der Waals surface area (Å²) in [6.45, 7) is 3.66. The van der Waals surface area contributed by atoms with E-state index in [1.807, 2.05) is 32.0 Å². The van der Waals surface area contributed by atoms with Gasteiger partial charge in [-0.1, -0.05) is 13.0 Å². The van der Waals surface area contributed by atoms with Crippen molar-refractivity contribution in [2.24, 2.45) is 0 Å². The van der Waals surface area contributed by atoms with Crippen LogP contribution in [0.5, 0.6) is 5.75 Å². The summed E-state index contributed by atoms with van der Waals surface area (Å²) in [5.74, 6) is 0.872. The fourth-order valence-corrected chi connectivity index (χ4v) is 3.51. The molecule has 102 valence electrons. The van der Waals surface area contributed by atoms with Crippen LogP contribution in [0.2, 0.25) is 0 Å². The van der Waals surface area contributed by atoms with Crippen LogP contribution in [0.3, 0.4) is 0 Å². The molecule has 0 saturated heterocycles. The molecule has 1 unspecified atom stereocenters. The summed E-state index contributed by atoms with van der Waals surface area (Å²) in [6, 6.07) is 5.26. The molecular formula is C12H18BrNO3S. The third kappa shape index (κ3) is 4.26. The Bertz CT molecular complexity index is 502. The number of hydrogen-bond acceptors (Lipinski definition) is 3. The molecule has 1 aromatic carbocycles. The number of ether oxygens (including phenoxy) is 1. The van der Waals surface area contributed by atoms with E-state index in [0.717, 1.165) is 15.8 Å². The normalized spacial score (nSPS) is 13.3. The number of benzene rings is 1. The van der Waals surface area contributed by atoms with Crippen LogP contribution >= 0.6 is 15.9 Å². The van der Waals surface area contributed by atoms with Crippen molar-refractivity contribution in [2.45, 2.75) is 26.3 Å². The van der Waals surface area contributed by atoms with Gasteiger partial charge in [0.1, 0.15) is 5.75 Å². The zero-order valence-electron chi connectivity index (χ0n) is 10.7. The van der Waals surface area contributed by atoms with E-state index in [4.69, 9.17) is 4.74 Å². The van der Waals surface area contributed by atoms with Crippen molar-refractivity contribution in [3.05, 3.63) is 28.2 Å². The lowest BCUT2D eigenvalue weighted by molar-refractivity contribution is 0.412. The van der Waals surface area contributed by atoms with Gasteiger partial charge in [0, 0.05) is 6.04 Å². The maximum Gasteiger partial charge on any atom is 0.212 e. The van der Waals surface area contributed by atoms with Crippen LogP contribution in [0, 0.1) is 0 Å². The fraction of sp³-hybridized carbons (Fsp3) is 0.500. The summed E-state index contributed by atoms with van der Waals surface area (Å²) < 4.78 is 31.9. The summed E-state index contributed by atoms with van der Waals surface area (Å²) in [5, 5.41) is 0. The highest BCUT2D eigenvalue weighted by atomic mass is 79.9. The molecule has 0 aliphatic carbocycles. The molecule has 0 bridgehead atoms. The molecule has 1 rings (SSSR count). The Hall–Kier alpha value is -0.590. The molecule has 0 fully saturated rings. The highest BCUT2D eigenvalue weighted by Gasteiger charge is 2.15. The van der Waals surface area contributed by atoms with Gasteiger partial charge in [-0.3, -0.25) is 0 Å². The summed E-state index contributed by atoms with van der Waals surface area (Å²) >= 11 is 3.38. The maximum atomic E-state index is 11.7. The van der Waals surface area contributed by atoms with E-state index in [2.05, 4.69) is 20.7 Å². The molecule has 0 heterocycles. The van der Waals surface area contributed by atoms with Crippen LogP contribution in [0.1, 0.15) is 31.9 Å². The predicted molar refractivity (Wildman–Crippen MR) is 76.3 cm³/mol. The van der Waals surface area contributed by atoms with Gasteiger partial charge in [0.05, 0.1) is 17.3 Å². The van der Waals surface area contributed by atoms with Crippen molar-refractivity contribution in [1.29, 1.82) is 0 Å². The van der Waals surface area contributed by atoms with Crippen molar-refractivity contribution >= 4 is 26.0 Å². The highest BCUT2D eigenvalue weighted by molar-refractivity contribution is 9.10. The van der Waals surface area contributed by atoms with Gasteiger partial charge < -0.3 is 4.74 Å². The van der Waals surface area contributed by atoms with E-state index in [-0.39, 0.29) is 11.8 Å². The number of halogens is 1. The Morgan fingerprint density at radius 1 is 1.44 bits per heavy atom. The first-order chi connectivity index (χ1) is 8.39. The van der Waals surface area contributed by atoms with Gasteiger partial charge >= 0.3 is 0 Å². The molecule has 0 radical (unpaired) electrons. The molecule has 1 N–H and O–H groups in total. The number of sulfonamides is 1. The van der Waals surface area contributed by atoms with Gasteiger partial charge in [-0.2, -0.15) is 0 Å². The molecule has 4 nitrogen and oxygen atoms in total. The highest BCUT2D eigenvalue weighted by Crippen LogP contribution is 2.28. The van der Waals surface area contributed by atoms with E-state index in [0.29, 0.717) is 6.42 Å². The summed E-state index contributed by atoms with van der Waals surface area (Å²) in [5.41, 5.74) is 0.891. The largest absolute Gasteiger partial charge is 0.496 e. The van der Waals surface area contributed by atoms with Crippen molar-refractivity contribution in [3.8, 4) is 5.75 Å². The van der Waals surface area contributed by atoms with E-state index < -0.39 is 10.0 Å². The zero-order valence-corrected chi connectivity index (χ0v) is 13.1. The second-order valence-electron chi connectivity index (χ2n) is 4.05. The molecule has 0 spiro atoms. The number of hydrogen-bond donors (Lipinski definition) is 1. The first-order valence-electron chi connectivity index (χ1n) is 5.73. The predicted octanol–water partition coefficient (Wildman–Crippen LogP) is 2.85. The molecular weight excluding hydrogens is 318 g/mol. The Labute approximate surface area is 117 Å². The van der Waals surface area contributed by atoms with Gasteiger partial charge in [0.15, 0.2) is 0 Å². The lowest BCUT2D eigenvalue weighted by Gasteiger charge is -2.15. The van der Waals surface area contributed by atoms with Crippen molar-refractivity contribution in [1.82, 2.24) is 4.72 Å². The van der Waals surface area contributed by atoms with Crippen LogP contribution in [0.4, 0.5) is 0 Å². The summed E-state index contributed by atoms with van der Waals surface area (Å²) in [6.07, 6.45) is 0.606. The van der Waals surface area contributed by atoms with Gasteiger partial charge in [-0.25, -0.2) is 13.1 Å². The van der Waals surface area contributed by atoms with Crippen molar-refractivity contribution in [2.75, 3.05) is 12.9 Å². The number of methoxy groups -OCH3 is 1. The van der Waals surface area contributed by atoms with E-state index in [1.54, 1.807) is 7.11 Å².